The van der Waals surface area contributed by atoms with Crippen molar-refractivity contribution in [2.75, 3.05) is 7.11 Å². The topological polar surface area (TPSA) is 74.8 Å². The van der Waals surface area contributed by atoms with Crippen LogP contribution < -0.4 is 19.6 Å². The number of rotatable bonds is 6. The molecule has 0 saturated carbocycles. The number of esters is 1. The van der Waals surface area contributed by atoms with Gasteiger partial charge in [-0.2, -0.15) is 0 Å². The SMILES string of the molecule is COc1ccc(Br)cc1[C@H]1C(C(=O)OC(C)C)=C(C)N=c2s/c(=C\c3cc(C)n(-c4ccc(C)c(I)c4)c3C)c(=O)n21. The number of fused-ring (bicyclic) bond motifs is 1. The number of benzene rings is 2. The van der Waals surface area contributed by atoms with Gasteiger partial charge in [-0.1, -0.05) is 33.3 Å². The van der Waals surface area contributed by atoms with Gasteiger partial charge in [0.1, 0.15) is 11.8 Å². The van der Waals surface area contributed by atoms with Crippen LogP contribution in [0.3, 0.4) is 0 Å². The zero-order chi connectivity index (χ0) is 30.5. The molecule has 0 amide bonds. The number of ether oxygens (including phenoxy) is 2. The summed E-state index contributed by atoms with van der Waals surface area (Å²) in [7, 11) is 1.57. The van der Waals surface area contributed by atoms with Crippen molar-refractivity contribution < 1.29 is 14.3 Å². The fraction of sp³-hybridized carbons (Fsp3) is 0.281. The Morgan fingerprint density at radius 1 is 1.12 bits per heavy atom. The second-order valence-corrected chi connectivity index (χ2v) is 13.6. The van der Waals surface area contributed by atoms with Crippen LogP contribution in [-0.4, -0.2) is 28.3 Å². The third-order valence-corrected chi connectivity index (χ3v) is 9.88. The summed E-state index contributed by atoms with van der Waals surface area (Å²) in [5, 5.41) is 0. The van der Waals surface area contributed by atoms with Crippen molar-refractivity contribution in [3.05, 3.63) is 110 Å². The summed E-state index contributed by atoms with van der Waals surface area (Å²) < 4.78 is 17.6. The highest BCUT2D eigenvalue weighted by Crippen LogP contribution is 2.37. The molecule has 5 rings (SSSR count). The van der Waals surface area contributed by atoms with E-state index in [4.69, 9.17) is 14.5 Å². The molecule has 7 nitrogen and oxygen atoms in total. The summed E-state index contributed by atoms with van der Waals surface area (Å²) in [5.41, 5.74) is 6.59. The molecule has 10 heteroatoms. The Kier molecular flexibility index (Phi) is 8.69. The van der Waals surface area contributed by atoms with Gasteiger partial charge in [-0.3, -0.25) is 9.36 Å². The number of carbonyl (C=O) groups is 1. The van der Waals surface area contributed by atoms with Crippen LogP contribution >= 0.6 is 49.9 Å². The van der Waals surface area contributed by atoms with E-state index in [1.165, 1.54) is 20.5 Å². The van der Waals surface area contributed by atoms with Gasteiger partial charge >= 0.3 is 5.97 Å². The van der Waals surface area contributed by atoms with Gasteiger partial charge in [-0.15, -0.1) is 0 Å². The second kappa shape index (κ2) is 12.0. The highest BCUT2D eigenvalue weighted by Gasteiger charge is 2.35. The lowest BCUT2D eigenvalue weighted by atomic mass is 9.95. The molecule has 0 fully saturated rings. The molecule has 42 heavy (non-hydrogen) atoms. The van der Waals surface area contributed by atoms with Gasteiger partial charge in [-0.05, 0) is 118 Å². The zero-order valence-electron chi connectivity index (χ0n) is 24.4. The molecule has 0 unspecified atom stereocenters. The van der Waals surface area contributed by atoms with Gasteiger partial charge in [0.05, 0.1) is 29.0 Å². The minimum Gasteiger partial charge on any atom is -0.496 e. The fourth-order valence-electron chi connectivity index (χ4n) is 5.27. The number of hydrogen-bond acceptors (Lipinski definition) is 6. The van der Waals surface area contributed by atoms with Crippen LogP contribution in [0.2, 0.25) is 0 Å². The normalized spacial score (nSPS) is 15.2. The summed E-state index contributed by atoms with van der Waals surface area (Å²) in [6.07, 6.45) is 1.59. The van der Waals surface area contributed by atoms with E-state index >= 15 is 0 Å². The summed E-state index contributed by atoms with van der Waals surface area (Å²) in [6, 6.07) is 13.3. The molecule has 0 spiro atoms. The van der Waals surface area contributed by atoms with E-state index in [1.54, 1.807) is 32.4 Å². The maximum atomic E-state index is 14.2. The van der Waals surface area contributed by atoms with E-state index < -0.39 is 12.0 Å². The second-order valence-electron chi connectivity index (χ2n) is 10.5. The van der Waals surface area contributed by atoms with Gasteiger partial charge in [0.2, 0.25) is 0 Å². The minimum absolute atomic E-state index is 0.234. The number of aryl methyl sites for hydroxylation is 2. The highest BCUT2D eigenvalue weighted by molar-refractivity contribution is 14.1. The Morgan fingerprint density at radius 2 is 1.86 bits per heavy atom. The maximum absolute atomic E-state index is 14.2. The molecule has 3 heterocycles. The van der Waals surface area contributed by atoms with Crippen molar-refractivity contribution in [2.45, 2.75) is 53.7 Å². The summed E-state index contributed by atoms with van der Waals surface area (Å²) in [5.74, 6) is 0.0439. The van der Waals surface area contributed by atoms with Crippen LogP contribution in [0, 0.1) is 24.3 Å². The van der Waals surface area contributed by atoms with Crippen LogP contribution in [0.5, 0.6) is 5.75 Å². The lowest BCUT2D eigenvalue weighted by Crippen LogP contribution is -2.40. The predicted octanol–water partition coefficient (Wildman–Crippen LogP) is 6.28. The standard InChI is InChI=1S/C32H31BrIN3O4S/c1-16(2)41-31(39)28-19(5)35-32-37(29(28)24-14-22(33)9-11-26(24)40-7)30(38)27(42-32)13-21-12-18(4)36(20(21)6)23-10-8-17(3)25(34)15-23/h8-16,29H,1-7H3/b27-13-/t29-/m0/s1. The van der Waals surface area contributed by atoms with E-state index in [0.717, 1.165) is 27.1 Å². The monoisotopic (exact) mass is 759 g/mol. The van der Waals surface area contributed by atoms with Gasteiger partial charge in [0, 0.05) is 30.7 Å². The Labute approximate surface area is 270 Å². The zero-order valence-corrected chi connectivity index (χ0v) is 29.0. The molecule has 0 N–H and O–H groups in total. The average Bonchev–Trinajstić information content (AvgIpc) is 3.38. The quantitative estimate of drug-likeness (QED) is 0.172. The van der Waals surface area contributed by atoms with Crippen molar-refractivity contribution in [1.82, 2.24) is 9.13 Å². The number of nitrogens with zero attached hydrogens (tertiary/aromatic N) is 3. The number of allylic oxidation sites excluding steroid dienone is 1. The number of carbonyl (C=O) groups excluding carboxylic acids is 1. The van der Waals surface area contributed by atoms with Gasteiger partial charge in [0.25, 0.3) is 5.56 Å². The lowest BCUT2D eigenvalue weighted by Gasteiger charge is -2.26. The van der Waals surface area contributed by atoms with Crippen molar-refractivity contribution in [3.8, 4) is 11.4 Å². The molecule has 0 radical (unpaired) electrons. The van der Waals surface area contributed by atoms with E-state index in [1.807, 2.05) is 24.3 Å². The molecule has 218 valence electrons. The highest BCUT2D eigenvalue weighted by atomic mass is 127. The van der Waals surface area contributed by atoms with E-state index in [2.05, 4.69) is 88.1 Å². The Bertz CT molecular complexity index is 1950. The Hall–Kier alpha value is -2.96. The molecule has 2 aromatic carbocycles. The van der Waals surface area contributed by atoms with Gasteiger partial charge in [0.15, 0.2) is 4.80 Å². The van der Waals surface area contributed by atoms with Crippen LogP contribution in [0.4, 0.5) is 0 Å². The molecular formula is C32H31BrIN3O4S. The lowest BCUT2D eigenvalue weighted by molar-refractivity contribution is -0.143. The molecule has 0 saturated heterocycles. The van der Waals surface area contributed by atoms with Crippen LogP contribution in [-0.2, 0) is 9.53 Å². The number of methoxy groups -OCH3 is 1. The smallest absolute Gasteiger partial charge is 0.338 e. The van der Waals surface area contributed by atoms with Crippen LogP contribution in [0.15, 0.2) is 68.0 Å². The summed E-state index contributed by atoms with van der Waals surface area (Å²) >= 11 is 7.21. The summed E-state index contributed by atoms with van der Waals surface area (Å²) in [6.45, 7) is 11.6. The summed E-state index contributed by atoms with van der Waals surface area (Å²) in [4.78, 5) is 32.9. The van der Waals surface area contributed by atoms with Crippen LogP contribution in [0.25, 0.3) is 11.8 Å². The van der Waals surface area contributed by atoms with Crippen LogP contribution in [0.1, 0.15) is 54.9 Å². The number of thiazole rings is 1. The van der Waals surface area contributed by atoms with Crippen molar-refractivity contribution in [3.63, 3.8) is 0 Å². The fourth-order valence-corrected chi connectivity index (χ4v) is 7.18. The van der Waals surface area contributed by atoms with Gasteiger partial charge < -0.3 is 14.0 Å². The third-order valence-electron chi connectivity index (χ3n) is 7.24. The largest absolute Gasteiger partial charge is 0.496 e. The van der Waals surface area contributed by atoms with Crippen molar-refractivity contribution in [1.29, 1.82) is 0 Å². The molecule has 0 bridgehead atoms. The molecule has 1 aliphatic rings. The molecule has 1 aliphatic heterocycles. The first-order chi connectivity index (χ1) is 19.9. The molecule has 2 aromatic heterocycles. The first-order valence-corrected chi connectivity index (χ1v) is 16.1. The van der Waals surface area contributed by atoms with E-state index in [9.17, 15) is 9.59 Å². The molecule has 0 aliphatic carbocycles. The number of aromatic nitrogens is 2. The van der Waals surface area contributed by atoms with E-state index in [0.29, 0.717) is 31.9 Å². The molecular weight excluding hydrogens is 729 g/mol. The van der Waals surface area contributed by atoms with Crippen molar-refractivity contribution >= 4 is 61.9 Å². The first kappa shape index (κ1) is 30.5. The minimum atomic E-state index is -0.774. The number of hydrogen-bond donors (Lipinski definition) is 0. The number of halogens is 2. The van der Waals surface area contributed by atoms with Crippen molar-refractivity contribution in [2.24, 2.45) is 4.99 Å². The maximum Gasteiger partial charge on any atom is 0.338 e. The average molecular weight is 760 g/mol. The third kappa shape index (κ3) is 5.56. The van der Waals surface area contributed by atoms with E-state index in [-0.39, 0.29) is 11.7 Å². The van der Waals surface area contributed by atoms with Gasteiger partial charge in [-0.25, -0.2) is 9.79 Å². The predicted molar refractivity (Wildman–Crippen MR) is 178 cm³/mol. The molecule has 1 atom stereocenters. The molecule has 4 aromatic rings. The first-order valence-electron chi connectivity index (χ1n) is 13.4. The Balaban J connectivity index is 1.72. The Morgan fingerprint density at radius 3 is 2.52 bits per heavy atom.